The van der Waals surface area contributed by atoms with Crippen LogP contribution < -0.4 is 14.8 Å². The highest BCUT2D eigenvalue weighted by molar-refractivity contribution is 7.88. The number of methoxy groups -OCH3 is 2. The van der Waals surface area contributed by atoms with E-state index in [0.717, 1.165) is 34.2 Å². The molecule has 1 aliphatic heterocycles. The Morgan fingerprint density at radius 1 is 1.17 bits per heavy atom. The van der Waals surface area contributed by atoms with Gasteiger partial charge in [-0.25, -0.2) is 22.2 Å². The Bertz CT molecular complexity index is 1120. The second-order valence-corrected chi connectivity index (χ2v) is 9.83. The number of nitrogens with one attached hydrogen (secondary N) is 1. The van der Waals surface area contributed by atoms with Crippen molar-refractivity contribution < 1.29 is 17.9 Å². The number of imidazole rings is 1. The fraction of sp³-hybridized carbons (Fsp3) is 0.444. The van der Waals surface area contributed by atoms with Crippen LogP contribution >= 0.6 is 11.3 Å². The summed E-state index contributed by atoms with van der Waals surface area (Å²) in [5, 5.41) is 8.87. The minimum Gasteiger partial charge on any atom is -0.493 e. The Morgan fingerprint density at radius 3 is 2.55 bits per heavy atom. The van der Waals surface area contributed by atoms with Crippen molar-refractivity contribution in [1.82, 2.24) is 18.9 Å². The van der Waals surface area contributed by atoms with Gasteiger partial charge in [0.25, 0.3) is 0 Å². The maximum absolute atomic E-state index is 11.7. The molecular weight excluding hydrogens is 414 g/mol. The maximum atomic E-state index is 11.7. The topological polar surface area (TPSA) is 98.1 Å². The second kappa shape index (κ2) is 7.81. The van der Waals surface area contributed by atoms with Gasteiger partial charge in [0.1, 0.15) is 0 Å². The van der Waals surface area contributed by atoms with Crippen molar-refractivity contribution in [3.05, 3.63) is 24.4 Å². The first-order chi connectivity index (χ1) is 13.9. The monoisotopic (exact) mass is 437 g/mol. The summed E-state index contributed by atoms with van der Waals surface area (Å²) < 4.78 is 37.3. The summed E-state index contributed by atoms with van der Waals surface area (Å²) in [6.45, 7) is 1.05. The van der Waals surface area contributed by atoms with E-state index in [9.17, 15) is 8.42 Å². The van der Waals surface area contributed by atoms with Crippen LogP contribution in [0.1, 0.15) is 12.8 Å². The fourth-order valence-electron chi connectivity index (χ4n) is 3.45. The number of piperidine rings is 1. The second-order valence-electron chi connectivity index (χ2n) is 6.90. The zero-order chi connectivity index (χ0) is 20.6. The van der Waals surface area contributed by atoms with Gasteiger partial charge >= 0.3 is 0 Å². The zero-order valence-electron chi connectivity index (χ0n) is 16.5. The average Bonchev–Trinajstić information content (AvgIpc) is 3.27. The van der Waals surface area contributed by atoms with Gasteiger partial charge in [0, 0.05) is 24.7 Å². The van der Waals surface area contributed by atoms with E-state index >= 15 is 0 Å². The minimum atomic E-state index is -3.12. The molecule has 0 aliphatic carbocycles. The van der Waals surface area contributed by atoms with E-state index in [0.29, 0.717) is 24.6 Å². The van der Waals surface area contributed by atoms with Crippen LogP contribution in [0.2, 0.25) is 0 Å². The van der Waals surface area contributed by atoms with Crippen molar-refractivity contribution >= 4 is 31.5 Å². The molecule has 1 saturated heterocycles. The number of benzene rings is 1. The van der Waals surface area contributed by atoms with Gasteiger partial charge in [-0.15, -0.1) is 5.10 Å². The third kappa shape index (κ3) is 4.02. The molecule has 0 saturated carbocycles. The van der Waals surface area contributed by atoms with Crippen LogP contribution in [0.15, 0.2) is 24.4 Å². The van der Waals surface area contributed by atoms with E-state index in [4.69, 9.17) is 9.47 Å². The largest absolute Gasteiger partial charge is 0.493 e. The number of nitrogens with zero attached hydrogens (tertiary/aromatic N) is 4. The molecular formula is C18H23N5O4S2. The van der Waals surface area contributed by atoms with E-state index in [1.54, 1.807) is 24.9 Å². The number of ether oxygens (including phenoxy) is 2. The molecule has 1 aromatic carbocycles. The zero-order valence-corrected chi connectivity index (χ0v) is 18.1. The minimum absolute atomic E-state index is 0.188. The van der Waals surface area contributed by atoms with Crippen LogP contribution in [-0.4, -0.2) is 66.9 Å². The molecule has 0 atom stereocenters. The van der Waals surface area contributed by atoms with Crippen molar-refractivity contribution in [2.45, 2.75) is 18.9 Å². The highest BCUT2D eigenvalue weighted by Gasteiger charge is 2.25. The van der Waals surface area contributed by atoms with Crippen LogP contribution in [0.5, 0.6) is 11.5 Å². The van der Waals surface area contributed by atoms with Crippen LogP contribution in [0.4, 0.5) is 5.13 Å². The van der Waals surface area contributed by atoms with Gasteiger partial charge in [-0.2, -0.15) is 0 Å². The molecule has 2 aromatic heterocycles. The third-order valence-electron chi connectivity index (χ3n) is 5.02. The van der Waals surface area contributed by atoms with Crippen molar-refractivity contribution in [2.75, 3.05) is 38.9 Å². The third-order valence-corrected chi connectivity index (χ3v) is 7.17. The van der Waals surface area contributed by atoms with Crippen molar-refractivity contribution in [2.24, 2.45) is 0 Å². The lowest BCUT2D eigenvalue weighted by Gasteiger charge is -2.30. The van der Waals surface area contributed by atoms with E-state index in [1.807, 2.05) is 18.2 Å². The quantitative estimate of drug-likeness (QED) is 0.632. The molecule has 0 amide bonds. The van der Waals surface area contributed by atoms with Gasteiger partial charge in [0.2, 0.25) is 20.1 Å². The van der Waals surface area contributed by atoms with Gasteiger partial charge in [-0.3, -0.25) is 0 Å². The fourth-order valence-corrected chi connectivity index (χ4v) is 5.18. The summed E-state index contributed by atoms with van der Waals surface area (Å²) >= 11 is 1.47. The maximum Gasteiger partial charge on any atom is 0.214 e. The summed E-state index contributed by atoms with van der Waals surface area (Å²) in [5.41, 5.74) is 1.78. The summed E-state index contributed by atoms with van der Waals surface area (Å²) in [6, 6.07) is 5.89. The number of rotatable bonds is 6. The molecule has 156 valence electrons. The summed E-state index contributed by atoms with van der Waals surface area (Å²) in [5.74, 6) is 1.31. The standard InChI is InChI=1S/C18H23N5O4S2/c1-26-15-5-4-12(10-16(15)27-2)14-11-19-18-23(14)21-17(28-18)20-13-6-8-22(9-7-13)29(3,24)25/h4-5,10-11,13H,6-9H2,1-3H3,(H,20,21). The molecule has 0 unspecified atom stereocenters. The lowest BCUT2D eigenvalue weighted by atomic mass is 10.1. The first-order valence-corrected chi connectivity index (χ1v) is 11.8. The number of anilines is 1. The van der Waals surface area contributed by atoms with Gasteiger partial charge in [0.05, 0.1) is 32.4 Å². The van der Waals surface area contributed by atoms with Gasteiger partial charge in [0.15, 0.2) is 11.5 Å². The number of hydrogen-bond acceptors (Lipinski definition) is 8. The van der Waals surface area contributed by atoms with Crippen molar-refractivity contribution in [3.63, 3.8) is 0 Å². The van der Waals surface area contributed by atoms with Gasteiger partial charge in [-0.05, 0) is 31.0 Å². The lowest BCUT2D eigenvalue weighted by molar-refractivity contribution is 0.332. The number of fused-ring (bicyclic) bond motifs is 1. The molecule has 1 aliphatic rings. The van der Waals surface area contributed by atoms with E-state index in [1.165, 1.54) is 21.9 Å². The Kier molecular flexibility index (Phi) is 5.36. The molecule has 3 aromatic rings. The van der Waals surface area contributed by atoms with Crippen molar-refractivity contribution in [3.8, 4) is 22.8 Å². The number of hydrogen-bond donors (Lipinski definition) is 1. The van der Waals surface area contributed by atoms with Gasteiger partial charge in [-0.1, -0.05) is 11.3 Å². The molecule has 1 fully saturated rings. The molecule has 0 spiro atoms. The molecule has 29 heavy (non-hydrogen) atoms. The molecule has 9 nitrogen and oxygen atoms in total. The van der Waals surface area contributed by atoms with E-state index in [2.05, 4.69) is 15.4 Å². The normalized spacial score (nSPS) is 16.2. The van der Waals surface area contributed by atoms with Crippen LogP contribution in [0.3, 0.4) is 0 Å². The van der Waals surface area contributed by atoms with E-state index < -0.39 is 10.0 Å². The molecule has 11 heteroatoms. The Balaban J connectivity index is 1.53. The summed E-state index contributed by atoms with van der Waals surface area (Å²) in [7, 11) is 0.0876. The van der Waals surface area contributed by atoms with Crippen LogP contribution in [-0.2, 0) is 10.0 Å². The summed E-state index contributed by atoms with van der Waals surface area (Å²) in [6.07, 6.45) is 4.54. The Morgan fingerprint density at radius 2 is 1.90 bits per heavy atom. The van der Waals surface area contributed by atoms with Gasteiger partial charge < -0.3 is 14.8 Å². The highest BCUT2D eigenvalue weighted by Crippen LogP contribution is 2.33. The first-order valence-electron chi connectivity index (χ1n) is 9.17. The van der Waals surface area contributed by atoms with Crippen LogP contribution in [0.25, 0.3) is 16.2 Å². The molecule has 4 rings (SSSR count). The average molecular weight is 438 g/mol. The summed E-state index contributed by atoms with van der Waals surface area (Å²) in [4.78, 5) is 5.25. The van der Waals surface area contributed by atoms with Crippen LogP contribution in [0, 0.1) is 0 Å². The number of aromatic nitrogens is 3. The first kappa shape index (κ1) is 19.9. The van der Waals surface area contributed by atoms with E-state index in [-0.39, 0.29) is 6.04 Å². The Labute approximate surface area is 173 Å². The van der Waals surface area contributed by atoms with Crippen molar-refractivity contribution in [1.29, 1.82) is 0 Å². The molecule has 0 radical (unpaired) electrons. The predicted octanol–water partition coefficient (Wildman–Crippen LogP) is 2.31. The highest BCUT2D eigenvalue weighted by atomic mass is 32.2. The molecule has 0 bridgehead atoms. The lowest BCUT2D eigenvalue weighted by Crippen LogP contribution is -2.41. The smallest absolute Gasteiger partial charge is 0.214 e. The molecule has 3 heterocycles. The SMILES string of the molecule is COc1ccc(-c2cnc3sc(NC4CCN(S(C)(=O)=O)CC4)nn23)cc1OC. The Hall–Kier alpha value is -2.37. The predicted molar refractivity (Wildman–Crippen MR) is 112 cm³/mol. The number of sulfonamides is 1. The molecule has 1 N–H and O–H groups in total.